The number of hydrogen-bond acceptors (Lipinski definition) is 4. The number of ether oxygens (including phenoxy) is 2. The molecular weight excluding hydrogens is 515 g/mol. The molecule has 0 unspecified atom stereocenters. The molecule has 0 aliphatic carbocycles. The Bertz CT molecular complexity index is 1100. The average Bonchev–Trinajstić information content (AvgIpc) is 2.76. The van der Waals surface area contributed by atoms with Crippen LogP contribution in [0.4, 0.5) is 0 Å². The molecule has 1 amide bonds. The molecule has 0 fully saturated rings. The van der Waals surface area contributed by atoms with Crippen LogP contribution in [0.2, 0.25) is 10.0 Å². The number of nitrogens with zero attached hydrogens (tertiary/aromatic N) is 1. The van der Waals surface area contributed by atoms with Gasteiger partial charge in [0.1, 0.15) is 18.1 Å². The predicted octanol–water partition coefficient (Wildman–Crippen LogP) is 6.43. The zero-order chi connectivity index (χ0) is 22.9. The maximum atomic E-state index is 12.1. The van der Waals surface area contributed by atoms with E-state index in [1.54, 1.807) is 18.3 Å². The van der Waals surface area contributed by atoms with E-state index in [9.17, 15) is 4.79 Å². The van der Waals surface area contributed by atoms with Gasteiger partial charge in [-0.25, -0.2) is 5.43 Å². The Morgan fingerprint density at radius 1 is 1.06 bits per heavy atom. The molecule has 0 heterocycles. The number of halogens is 3. The van der Waals surface area contributed by atoms with E-state index in [0.717, 1.165) is 26.9 Å². The highest BCUT2D eigenvalue weighted by molar-refractivity contribution is 9.10. The monoisotopic (exact) mass is 534 g/mol. The van der Waals surface area contributed by atoms with Crippen LogP contribution in [0, 0.1) is 0 Å². The van der Waals surface area contributed by atoms with Crippen LogP contribution in [0.15, 0.2) is 70.2 Å². The summed E-state index contributed by atoms with van der Waals surface area (Å²) in [6.07, 6.45) is 1.80. The molecule has 1 N–H and O–H groups in total. The van der Waals surface area contributed by atoms with E-state index in [4.69, 9.17) is 32.7 Å². The molecular formula is C24H21BrCl2N2O3. The topological polar surface area (TPSA) is 59.9 Å². The molecule has 0 bridgehead atoms. The highest BCUT2D eigenvalue weighted by atomic mass is 79.9. The molecule has 3 rings (SSSR count). The van der Waals surface area contributed by atoms with Gasteiger partial charge in [0, 0.05) is 15.6 Å². The molecule has 32 heavy (non-hydrogen) atoms. The van der Waals surface area contributed by atoms with E-state index >= 15 is 0 Å². The molecule has 0 radical (unpaired) electrons. The van der Waals surface area contributed by atoms with Crippen LogP contribution in [0.1, 0.15) is 23.6 Å². The van der Waals surface area contributed by atoms with E-state index in [0.29, 0.717) is 29.0 Å². The Hall–Kier alpha value is -2.54. The normalized spacial score (nSPS) is 10.9. The van der Waals surface area contributed by atoms with Crippen molar-refractivity contribution in [1.29, 1.82) is 0 Å². The number of benzene rings is 3. The molecule has 0 aliphatic heterocycles. The van der Waals surface area contributed by atoms with Crippen LogP contribution in [-0.4, -0.2) is 18.7 Å². The lowest BCUT2D eigenvalue weighted by Gasteiger charge is -2.10. The Morgan fingerprint density at radius 3 is 2.53 bits per heavy atom. The number of carbonyl (C=O) groups excluding carboxylic acids is 1. The van der Waals surface area contributed by atoms with Gasteiger partial charge in [0.25, 0.3) is 0 Å². The number of amides is 1. The minimum atomic E-state index is -0.204. The molecule has 166 valence electrons. The largest absolute Gasteiger partial charge is 0.494 e. The Labute approximate surface area is 205 Å². The van der Waals surface area contributed by atoms with Gasteiger partial charge in [-0.2, -0.15) is 5.10 Å². The second-order valence-corrected chi connectivity index (χ2v) is 8.46. The molecule has 0 atom stereocenters. The number of rotatable bonds is 9. The summed E-state index contributed by atoms with van der Waals surface area (Å²) < 4.78 is 12.0. The third kappa shape index (κ3) is 7.26. The summed E-state index contributed by atoms with van der Waals surface area (Å²) in [5, 5.41) is 5.16. The maximum Gasteiger partial charge on any atom is 0.244 e. The van der Waals surface area contributed by atoms with E-state index < -0.39 is 0 Å². The molecule has 8 heteroatoms. The molecule has 0 aliphatic rings. The van der Waals surface area contributed by atoms with Crippen molar-refractivity contribution in [2.24, 2.45) is 5.10 Å². The molecule has 5 nitrogen and oxygen atoms in total. The van der Waals surface area contributed by atoms with Crippen LogP contribution in [-0.2, 0) is 17.8 Å². The second-order valence-electron chi connectivity index (χ2n) is 6.76. The molecule has 3 aromatic rings. The van der Waals surface area contributed by atoms with Gasteiger partial charge in [0.2, 0.25) is 5.91 Å². The lowest BCUT2D eigenvalue weighted by atomic mass is 10.1. The third-order valence-electron chi connectivity index (χ3n) is 4.36. The predicted molar refractivity (Wildman–Crippen MR) is 132 cm³/mol. The van der Waals surface area contributed by atoms with Gasteiger partial charge in [-0.05, 0) is 76.4 Å². The summed E-state index contributed by atoms with van der Waals surface area (Å²) in [5.41, 5.74) is 5.06. The van der Waals surface area contributed by atoms with Crippen molar-refractivity contribution in [3.05, 3.63) is 91.9 Å². The SMILES string of the molecule is CCOc1ccc(CC(=O)N/N=C/c2ccc(OCc3ccc(Cl)cc3Cl)c(Br)c2)cc1. The molecule has 0 aromatic heterocycles. The number of carbonyl (C=O) groups is 1. The minimum Gasteiger partial charge on any atom is -0.494 e. The van der Waals surface area contributed by atoms with Crippen LogP contribution in [0.3, 0.4) is 0 Å². The summed E-state index contributed by atoms with van der Waals surface area (Å²) in [7, 11) is 0. The second kappa shape index (κ2) is 11.9. The highest BCUT2D eigenvalue weighted by Crippen LogP contribution is 2.28. The van der Waals surface area contributed by atoms with Crippen molar-refractivity contribution >= 4 is 51.3 Å². The van der Waals surface area contributed by atoms with Gasteiger partial charge in [-0.15, -0.1) is 0 Å². The van der Waals surface area contributed by atoms with Crippen molar-refractivity contribution in [1.82, 2.24) is 5.43 Å². The van der Waals surface area contributed by atoms with Crippen molar-refractivity contribution in [3.63, 3.8) is 0 Å². The Morgan fingerprint density at radius 2 is 1.84 bits per heavy atom. The van der Waals surface area contributed by atoms with Gasteiger partial charge in [-0.3, -0.25) is 4.79 Å². The zero-order valence-corrected chi connectivity index (χ0v) is 20.4. The standard InChI is InChI=1S/C24H21BrCl2N2O3/c1-2-31-20-8-3-16(4-9-20)12-24(30)29-28-14-17-5-10-23(21(25)11-17)32-15-18-6-7-19(26)13-22(18)27/h3-11,13-14H,2,12,15H2,1H3,(H,29,30)/b28-14+. The fourth-order valence-corrected chi connectivity index (χ4v) is 3.76. The first-order valence-electron chi connectivity index (χ1n) is 9.84. The summed E-state index contributed by atoms with van der Waals surface area (Å²) in [5.74, 6) is 1.24. The van der Waals surface area contributed by atoms with Crippen LogP contribution >= 0.6 is 39.1 Å². The first-order valence-corrected chi connectivity index (χ1v) is 11.4. The Balaban J connectivity index is 1.51. The lowest BCUT2D eigenvalue weighted by molar-refractivity contribution is -0.120. The first-order chi connectivity index (χ1) is 15.4. The third-order valence-corrected chi connectivity index (χ3v) is 5.56. The molecule has 0 spiro atoms. The van der Waals surface area contributed by atoms with Crippen LogP contribution < -0.4 is 14.9 Å². The van der Waals surface area contributed by atoms with Crippen molar-refractivity contribution in [2.45, 2.75) is 20.0 Å². The Kier molecular flexibility index (Phi) is 8.97. The van der Waals surface area contributed by atoms with Crippen LogP contribution in [0.25, 0.3) is 0 Å². The quantitative estimate of drug-likeness (QED) is 0.254. The van der Waals surface area contributed by atoms with Crippen molar-refractivity contribution in [3.8, 4) is 11.5 Å². The van der Waals surface area contributed by atoms with Gasteiger partial charge in [0.05, 0.1) is 23.7 Å². The van der Waals surface area contributed by atoms with Gasteiger partial charge >= 0.3 is 0 Å². The molecule has 0 saturated heterocycles. The smallest absolute Gasteiger partial charge is 0.244 e. The van der Waals surface area contributed by atoms with Gasteiger partial charge in [-0.1, -0.05) is 41.4 Å². The fraction of sp³-hybridized carbons (Fsp3) is 0.167. The highest BCUT2D eigenvalue weighted by Gasteiger charge is 2.06. The van der Waals surface area contributed by atoms with E-state index in [-0.39, 0.29) is 12.3 Å². The summed E-state index contributed by atoms with van der Waals surface area (Å²) in [6, 6.07) is 18.2. The van der Waals surface area contributed by atoms with Crippen molar-refractivity contribution < 1.29 is 14.3 Å². The maximum absolute atomic E-state index is 12.1. The van der Waals surface area contributed by atoms with Crippen LogP contribution in [0.5, 0.6) is 11.5 Å². The van der Waals surface area contributed by atoms with E-state index in [2.05, 4.69) is 26.5 Å². The number of nitrogens with one attached hydrogen (secondary N) is 1. The number of hydrazone groups is 1. The van der Waals surface area contributed by atoms with Crippen molar-refractivity contribution in [2.75, 3.05) is 6.61 Å². The molecule has 0 saturated carbocycles. The first kappa shape index (κ1) is 24.1. The summed E-state index contributed by atoms with van der Waals surface area (Å²) >= 11 is 15.6. The van der Waals surface area contributed by atoms with E-state index in [1.165, 1.54) is 0 Å². The van der Waals surface area contributed by atoms with Gasteiger partial charge < -0.3 is 9.47 Å². The summed E-state index contributed by atoms with van der Waals surface area (Å²) in [4.78, 5) is 12.1. The number of hydrogen-bond donors (Lipinski definition) is 1. The zero-order valence-electron chi connectivity index (χ0n) is 17.3. The fourth-order valence-electron chi connectivity index (χ4n) is 2.78. The molecule has 3 aromatic carbocycles. The van der Waals surface area contributed by atoms with E-state index in [1.807, 2.05) is 55.5 Å². The summed E-state index contributed by atoms with van der Waals surface area (Å²) in [6.45, 7) is 2.84. The van der Waals surface area contributed by atoms with Gasteiger partial charge in [0.15, 0.2) is 0 Å². The minimum absolute atomic E-state index is 0.204. The average molecular weight is 536 g/mol. The lowest BCUT2D eigenvalue weighted by Crippen LogP contribution is -2.19.